The number of carboxylic acid groups (broad SMARTS) is 1. The van der Waals surface area contributed by atoms with Crippen molar-refractivity contribution in [3.05, 3.63) is 77.4 Å². The molecule has 174 valence electrons. The zero-order valence-corrected chi connectivity index (χ0v) is 19.4. The van der Waals surface area contributed by atoms with Crippen LogP contribution in [0, 0.1) is 0 Å². The van der Waals surface area contributed by atoms with Gasteiger partial charge in [-0.3, -0.25) is 9.59 Å². The van der Waals surface area contributed by atoms with Gasteiger partial charge in [0.05, 0.1) is 5.92 Å². The minimum Gasteiger partial charge on any atom is -0.481 e. The summed E-state index contributed by atoms with van der Waals surface area (Å²) in [5.74, 6) is -1.63. The zero-order valence-electron chi connectivity index (χ0n) is 18.6. The summed E-state index contributed by atoms with van der Waals surface area (Å²) in [6, 6.07) is 18.5. The Morgan fingerprint density at radius 3 is 2.45 bits per heavy atom. The van der Waals surface area contributed by atoms with E-state index >= 15 is 0 Å². The summed E-state index contributed by atoms with van der Waals surface area (Å²) in [6.45, 7) is 1.81. The molecule has 0 saturated carbocycles. The van der Waals surface area contributed by atoms with Crippen LogP contribution in [0.3, 0.4) is 0 Å². The van der Waals surface area contributed by atoms with Crippen LogP contribution in [0.15, 0.2) is 60.7 Å². The number of hydrogen-bond donors (Lipinski definition) is 3. The van der Waals surface area contributed by atoms with Crippen molar-refractivity contribution in [2.45, 2.75) is 37.5 Å². The normalized spacial score (nSPS) is 13.4. The van der Waals surface area contributed by atoms with Gasteiger partial charge < -0.3 is 16.2 Å². The van der Waals surface area contributed by atoms with Gasteiger partial charge in [0.15, 0.2) is 9.84 Å². The first-order valence-corrected chi connectivity index (χ1v) is 12.6. The van der Waals surface area contributed by atoms with Crippen molar-refractivity contribution < 1.29 is 23.1 Å². The summed E-state index contributed by atoms with van der Waals surface area (Å²) in [4.78, 5) is 24.1. The lowest BCUT2D eigenvalue weighted by atomic mass is 9.94. The summed E-state index contributed by atoms with van der Waals surface area (Å²) in [5.41, 5.74) is 8.29. The molecule has 4 N–H and O–H groups in total. The number of nitrogens with one attached hydrogen (secondary N) is 1. The quantitative estimate of drug-likeness (QED) is 0.436. The number of carbonyl (C=O) groups excluding carboxylic acids is 1. The van der Waals surface area contributed by atoms with E-state index in [9.17, 15) is 18.0 Å². The Morgan fingerprint density at radius 2 is 1.76 bits per heavy atom. The van der Waals surface area contributed by atoms with Crippen molar-refractivity contribution >= 4 is 38.2 Å². The summed E-state index contributed by atoms with van der Waals surface area (Å²) >= 11 is 0. The number of hydrogen-bond acceptors (Lipinski definition) is 5. The number of fused-ring (bicyclic) bond motifs is 1. The molecule has 0 saturated heterocycles. The first-order valence-electron chi connectivity index (χ1n) is 10.7. The van der Waals surface area contributed by atoms with Gasteiger partial charge in [-0.2, -0.15) is 0 Å². The van der Waals surface area contributed by atoms with Gasteiger partial charge in [0.2, 0.25) is 5.91 Å². The Kier molecular flexibility index (Phi) is 7.50. The Labute approximate surface area is 193 Å². The van der Waals surface area contributed by atoms with Gasteiger partial charge >= 0.3 is 5.97 Å². The molecule has 0 bridgehead atoms. The molecule has 0 fully saturated rings. The molecule has 33 heavy (non-hydrogen) atoms. The topological polar surface area (TPSA) is 127 Å². The number of aryl methyl sites for hydroxylation is 1. The number of carboxylic acids is 1. The van der Waals surface area contributed by atoms with Gasteiger partial charge in [-0.25, -0.2) is 8.42 Å². The number of carbonyl (C=O) groups is 2. The fraction of sp³-hybridized carbons (Fsp3) is 0.280. The fourth-order valence-electron chi connectivity index (χ4n) is 3.79. The molecule has 0 aliphatic heterocycles. The predicted molar refractivity (Wildman–Crippen MR) is 130 cm³/mol. The molecule has 8 heteroatoms. The maximum atomic E-state index is 13.2. The van der Waals surface area contributed by atoms with Crippen LogP contribution in [0.2, 0.25) is 0 Å². The minimum absolute atomic E-state index is 0.00953. The highest BCUT2D eigenvalue weighted by Gasteiger charge is 2.22. The molecule has 1 amide bonds. The first kappa shape index (κ1) is 24.4. The molecule has 0 spiro atoms. The molecule has 3 aromatic rings. The van der Waals surface area contributed by atoms with Crippen LogP contribution < -0.4 is 11.1 Å². The van der Waals surface area contributed by atoms with E-state index in [0.717, 1.165) is 28.2 Å². The zero-order chi connectivity index (χ0) is 24.2. The van der Waals surface area contributed by atoms with E-state index in [-0.39, 0.29) is 12.3 Å². The molecule has 0 heterocycles. The molecule has 0 aliphatic rings. The second kappa shape index (κ2) is 10.1. The van der Waals surface area contributed by atoms with Crippen molar-refractivity contribution in [2.75, 3.05) is 11.6 Å². The van der Waals surface area contributed by atoms with Crippen LogP contribution in [0.4, 0.5) is 5.69 Å². The van der Waals surface area contributed by atoms with Crippen molar-refractivity contribution in [1.82, 2.24) is 0 Å². The van der Waals surface area contributed by atoms with Gasteiger partial charge in [-0.1, -0.05) is 54.6 Å². The summed E-state index contributed by atoms with van der Waals surface area (Å²) in [6.07, 6.45) is 1.84. The number of rotatable bonds is 9. The van der Waals surface area contributed by atoms with Gasteiger partial charge in [0.1, 0.15) is 5.37 Å². The van der Waals surface area contributed by atoms with E-state index in [1.54, 1.807) is 18.2 Å². The minimum atomic E-state index is -3.54. The van der Waals surface area contributed by atoms with Crippen molar-refractivity contribution in [2.24, 2.45) is 5.73 Å². The number of aliphatic carboxylic acids is 1. The Balaban J connectivity index is 1.92. The SMILES string of the molecule is CC(C(=O)Nc1cc(C(N)S(C)(=O)=O)ccc1CCCC(=O)O)c1cccc2ccccc12. The van der Waals surface area contributed by atoms with Gasteiger partial charge in [-0.05, 0) is 53.3 Å². The Hall–Kier alpha value is -3.23. The number of sulfone groups is 1. The van der Waals surface area contributed by atoms with Crippen LogP contribution in [0.1, 0.15) is 47.7 Å². The second-order valence-corrected chi connectivity index (χ2v) is 10.4. The lowest BCUT2D eigenvalue weighted by molar-refractivity contribution is -0.137. The molecule has 7 nitrogen and oxygen atoms in total. The van der Waals surface area contributed by atoms with E-state index in [2.05, 4.69) is 5.32 Å². The Bertz CT molecular complexity index is 1280. The lowest BCUT2D eigenvalue weighted by Crippen LogP contribution is -2.22. The molecule has 3 rings (SSSR count). The van der Waals surface area contributed by atoms with E-state index in [1.165, 1.54) is 0 Å². The summed E-state index contributed by atoms with van der Waals surface area (Å²) < 4.78 is 23.9. The number of benzene rings is 3. The third-order valence-corrected chi connectivity index (χ3v) is 6.90. The molecule has 2 unspecified atom stereocenters. The van der Waals surface area contributed by atoms with Crippen molar-refractivity contribution in [3.63, 3.8) is 0 Å². The molecular formula is C25H28N2O5S. The van der Waals surface area contributed by atoms with Crippen LogP contribution in [0.25, 0.3) is 10.8 Å². The van der Waals surface area contributed by atoms with E-state index in [0.29, 0.717) is 24.1 Å². The molecule has 0 aromatic heterocycles. The van der Waals surface area contributed by atoms with Crippen LogP contribution in [-0.4, -0.2) is 31.7 Å². The molecule has 0 aliphatic carbocycles. The Morgan fingerprint density at radius 1 is 1.06 bits per heavy atom. The van der Waals surface area contributed by atoms with Gasteiger partial charge in [0, 0.05) is 18.4 Å². The largest absolute Gasteiger partial charge is 0.481 e. The van der Waals surface area contributed by atoms with Crippen LogP contribution in [-0.2, 0) is 25.8 Å². The highest BCUT2D eigenvalue weighted by Crippen LogP contribution is 2.29. The van der Waals surface area contributed by atoms with Gasteiger partial charge in [0.25, 0.3) is 0 Å². The summed E-state index contributed by atoms with van der Waals surface area (Å²) in [5, 5.41) is 12.7. The van der Waals surface area contributed by atoms with Gasteiger partial charge in [-0.15, -0.1) is 0 Å². The first-order chi connectivity index (χ1) is 15.6. The lowest BCUT2D eigenvalue weighted by Gasteiger charge is -2.19. The maximum absolute atomic E-state index is 13.2. The fourth-order valence-corrected chi connectivity index (χ4v) is 4.43. The molecular weight excluding hydrogens is 440 g/mol. The summed E-state index contributed by atoms with van der Waals surface area (Å²) in [7, 11) is -3.54. The van der Waals surface area contributed by atoms with Crippen molar-refractivity contribution in [1.29, 1.82) is 0 Å². The van der Waals surface area contributed by atoms with Crippen LogP contribution in [0.5, 0.6) is 0 Å². The number of nitrogens with two attached hydrogens (primary N) is 1. The van der Waals surface area contributed by atoms with E-state index in [1.807, 2.05) is 49.4 Å². The highest BCUT2D eigenvalue weighted by atomic mass is 32.2. The average molecular weight is 469 g/mol. The molecule has 0 radical (unpaired) electrons. The van der Waals surface area contributed by atoms with E-state index < -0.39 is 27.1 Å². The maximum Gasteiger partial charge on any atom is 0.303 e. The highest BCUT2D eigenvalue weighted by molar-refractivity contribution is 7.90. The third-order valence-electron chi connectivity index (χ3n) is 5.70. The smallest absolute Gasteiger partial charge is 0.303 e. The standard InChI is InChI=1S/C25H28N2O5S/c1-16(20-11-5-8-17-7-3-4-10-21(17)20)25(30)27-22-15-19(24(26)33(2,31)32)14-13-18(22)9-6-12-23(28)29/h3-5,7-8,10-11,13-16,24H,6,9,12,26H2,1-2H3,(H,27,30)(H,28,29). The monoisotopic (exact) mass is 468 g/mol. The van der Waals surface area contributed by atoms with Crippen LogP contribution >= 0.6 is 0 Å². The second-order valence-electron chi connectivity index (χ2n) is 8.19. The van der Waals surface area contributed by atoms with E-state index in [4.69, 9.17) is 10.8 Å². The predicted octanol–water partition coefficient (Wildman–Crippen LogP) is 3.99. The molecule has 3 aromatic carbocycles. The number of anilines is 1. The average Bonchev–Trinajstić information content (AvgIpc) is 2.77. The third kappa shape index (κ3) is 5.97. The molecule has 2 atom stereocenters. The number of amides is 1. The van der Waals surface area contributed by atoms with Crippen molar-refractivity contribution in [3.8, 4) is 0 Å².